The number of likely N-dealkylation sites (tertiary alicyclic amines) is 1. The number of carbonyl (C=O) groups excluding carboxylic acids is 2. The molecule has 17 heavy (non-hydrogen) atoms. The smallest absolute Gasteiger partial charge is 0.310 e. The van der Waals surface area contributed by atoms with E-state index in [1.54, 1.807) is 11.0 Å². The van der Waals surface area contributed by atoms with Crippen LogP contribution < -0.4 is 0 Å². The van der Waals surface area contributed by atoms with Gasteiger partial charge in [-0.05, 0) is 18.9 Å². The van der Waals surface area contributed by atoms with E-state index >= 15 is 0 Å². The second kappa shape index (κ2) is 5.03. The normalized spacial score (nSPS) is 20.1. The monoisotopic (exact) mass is 237 g/mol. The zero-order valence-electron chi connectivity index (χ0n) is 9.72. The molecule has 92 valence electrons. The van der Waals surface area contributed by atoms with Crippen LogP contribution in [0.2, 0.25) is 0 Å². The first kappa shape index (κ1) is 11.7. The number of carbonyl (C=O) groups is 2. The van der Waals surface area contributed by atoms with Gasteiger partial charge in [0.2, 0.25) is 0 Å². The summed E-state index contributed by atoms with van der Waals surface area (Å²) < 4.78 is 9.60. The first-order valence-corrected chi connectivity index (χ1v) is 5.61. The highest BCUT2D eigenvalue weighted by Crippen LogP contribution is 2.19. The van der Waals surface area contributed by atoms with Crippen LogP contribution in [0.3, 0.4) is 0 Å². The molecule has 0 aromatic carbocycles. The molecular formula is C12H15NO4. The van der Waals surface area contributed by atoms with Gasteiger partial charge in [0.15, 0.2) is 0 Å². The van der Waals surface area contributed by atoms with E-state index in [9.17, 15) is 9.59 Å². The van der Waals surface area contributed by atoms with Crippen LogP contribution in [0.15, 0.2) is 23.0 Å². The van der Waals surface area contributed by atoms with Crippen molar-refractivity contribution in [1.29, 1.82) is 0 Å². The number of methoxy groups -OCH3 is 1. The van der Waals surface area contributed by atoms with Crippen molar-refractivity contribution in [3.05, 3.63) is 24.2 Å². The second-order valence-electron chi connectivity index (χ2n) is 4.13. The third-order valence-electron chi connectivity index (χ3n) is 3.01. The van der Waals surface area contributed by atoms with E-state index in [0.717, 1.165) is 12.8 Å². The fraction of sp³-hybridized carbons (Fsp3) is 0.500. The van der Waals surface area contributed by atoms with Crippen LogP contribution >= 0.6 is 0 Å². The molecule has 1 amide bonds. The maximum Gasteiger partial charge on any atom is 0.310 e. The molecular weight excluding hydrogens is 222 g/mol. The second-order valence-corrected chi connectivity index (χ2v) is 4.13. The highest BCUT2D eigenvalue weighted by molar-refractivity contribution is 5.94. The lowest BCUT2D eigenvalue weighted by Crippen LogP contribution is -2.42. The van der Waals surface area contributed by atoms with Crippen LogP contribution in [0.25, 0.3) is 0 Å². The zero-order chi connectivity index (χ0) is 12.3. The van der Waals surface area contributed by atoms with Crippen LogP contribution in [-0.2, 0) is 9.53 Å². The maximum absolute atomic E-state index is 12.0. The van der Waals surface area contributed by atoms with Gasteiger partial charge in [-0.2, -0.15) is 0 Å². The van der Waals surface area contributed by atoms with Gasteiger partial charge >= 0.3 is 5.97 Å². The van der Waals surface area contributed by atoms with Gasteiger partial charge in [-0.1, -0.05) is 0 Å². The summed E-state index contributed by atoms with van der Waals surface area (Å²) in [5, 5.41) is 0. The van der Waals surface area contributed by atoms with Crippen molar-refractivity contribution in [2.24, 2.45) is 5.92 Å². The van der Waals surface area contributed by atoms with E-state index in [4.69, 9.17) is 9.15 Å². The van der Waals surface area contributed by atoms with Crippen LogP contribution in [0.1, 0.15) is 23.2 Å². The zero-order valence-corrected chi connectivity index (χ0v) is 9.72. The fourth-order valence-electron chi connectivity index (χ4n) is 2.09. The molecule has 0 unspecified atom stereocenters. The summed E-state index contributed by atoms with van der Waals surface area (Å²) in [5.41, 5.74) is 0.524. The third-order valence-corrected chi connectivity index (χ3v) is 3.01. The highest BCUT2D eigenvalue weighted by Gasteiger charge is 2.29. The lowest BCUT2D eigenvalue weighted by molar-refractivity contribution is -0.146. The number of rotatable bonds is 2. The van der Waals surface area contributed by atoms with Crippen LogP contribution in [0, 0.1) is 5.92 Å². The Hall–Kier alpha value is -1.78. The number of furan rings is 1. The summed E-state index contributed by atoms with van der Waals surface area (Å²) in [4.78, 5) is 25.2. The van der Waals surface area contributed by atoms with E-state index in [2.05, 4.69) is 0 Å². The number of piperidine rings is 1. The molecule has 2 heterocycles. The molecule has 1 atom stereocenters. The first-order chi connectivity index (χ1) is 8.22. The predicted molar refractivity (Wildman–Crippen MR) is 59.4 cm³/mol. The molecule has 1 aromatic heterocycles. The molecule has 0 N–H and O–H groups in total. The molecule has 5 heteroatoms. The molecule has 1 saturated heterocycles. The Morgan fingerprint density at radius 2 is 2.35 bits per heavy atom. The van der Waals surface area contributed by atoms with Gasteiger partial charge in [-0.25, -0.2) is 0 Å². The SMILES string of the molecule is COC(=O)[C@H]1CCCN(C(=O)c2ccoc2)C1. The molecule has 0 aliphatic carbocycles. The largest absolute Gasteiger partial charge is 0.472 e. The Kier molecular flexibility index (Phi) is 3.46. The Bertz CT molecular complexity index is 399. The third kappa shape index (κ3) is 2.49. The van der Waals surface area contributed by atoms with Crippen molar-refractivity contribution in [3.8, 4) is 0 Å². The number of hydrogen-bond donors (Lipinski definition) is 0. The molecule has 0 radical (unpaired) electrons. The van der Waals surface area contributed by atoms with Gasteiger partial charge < -0.3 is 14.1 Å². The van der Waals surface area contributed by atoms with E-state index in [0.29, 0.717) is 18.7 Å². The summed E-state index contributed by atoms with van der Waals surface area (Å²) in [7, 11) is 1.37. The van der Waals surface area contributed by atoms with Crippen molar-refractivity contribution in [3.63, 3.8) is 0 Å². The van der Waals surface area contributed by atoms with Crippen molar-refractivity contribution >= 4 is 11.9 Å². The van der Waals surface area contributed by atoms with E-state index < -0.39 is 0 Å². The quantitative estimate of drug-likeness (QED) is 0.727. The summed E-state index contributed by atoms with van der Waals surface area (Å²) in [6.45, 7) is 1.11. The van der Waals surface area contributed by atoms with Crippen molar-refractivity contribution in [2.75, 3.05) is 20.2 Å². The molecule has 2 rings (SSSR count). The Balaban J connectivity index is 2.02. The van der Waals surface area contributed by atoms with Crippen molar-refractivity contribution < 1.29 is 18.7 Å². The highest BCUT2D eigenvalue weighted by atomic mass is 16.5. The summed E-state index contributed by atoms with van der Waals surface area (Å²) in [5.74, 6) is -0.536. The number of nitrogens with zero attached hydrogens (tertiary/aromatic N) is 1. The van der Waals surface area contributed by atoms with Gasteiger partial charge in [0.25, 0.3) is 5.91 Å². The molecule has 5 nitrogen and oxygen atoms in total. The average molecular weight is 237 g/mol. The summed E-state index contributed by atoms with van der Waals surface area (Å²) >= 11 is 0. The lowest BCUT2D eigenvalue weighted by Gasteiger charge is -2.31. The van der Waals surface area contributed by atoms with Crippen molar-refractivity contribution in [1.82, 2.24) is 4.90 Å². The summed E-state index contributed by atoms with van der Waals surface area (Å²) in [6, 6.07) is 1.63. The Labute approximate surface area is 99.3 Å². The number of amides is 1. The average Bonchev–Trinajstić information content (AvgIpc) is 2.91. The fourth-order valence-corrected chi connectivity index (χ4v) is 2.09. The number of ether oxygens (including phenoxy) is 1. The van der Waals surface area contributed by atoms with Crippen LogP contribution in [0.4, 0.5) is 0 Å². The molecule has 1 aliphatic rings. The molecule has 0 saturated carbocycles. The number of hydrogen-bond acceptors (Lipinski definition) is 4. The van der Waals surface area contributed by atoms with E-state index in [1.165, 1.54) is 19.6 Å². The molecule has 1 fully saturated rings. The maximum atomic E-state index is 12.0. The standard InChI is InChI=1S/C12H15NO4/c1-16-12(15)9-3-2-5-13(7-9)11(14)10-4-6-17-8-10/h4,6,8-9H,2-3,5,7H2,1H3/t9-/m0/s1. The summed E-state index contributed by atoms with van der Waals surface area (Å²) in [6.07, 6.45) is 4.49. The van der Waals surface area contributed by atoms with Gasteiger partial charge in [0.1, 0.15) is 6.26 Å². The predicted octanol–water partition coefficient (Wildman–Crippen LogP) is 1.30. The minimum absolute atomic E-state index is 0.0904. The van der Waals surface area contributed by atoms with Gasteiger partial charge in [-0.3, -0.25) is 9.59 Å². The van der Waals surface area contributed by atoms with Gasteiger partial charge in [0.05, 0.1) is 24.9 Å². The molecule has 0 spiro atoms. The number of esters is 1. The van der Waals surface area contributed by atoms with Gasteiger partial charge in [0, 0.05) is 13.1 Å². The Morgan fingerprint density at radius 3 is 3.00 bits per heavy atom. The molecule has 1 aliphatic heterocycles. The van der Waals surface area contributed by atoms with Crippen molar-refractivity contribution in [2.45, 2.75) is 12.8 Å². The minimum atomic E-state index is -0.241. The first-order valence-electron chi connectivity index (χ1n) is 5.61. The van der Waals surface area contributed by atoms with Crippen LogP contribution in [-0.4, -0.2) is 37.0 Å². The topological polar surface area (TPSA) is 59.8 Å². The van der Waals surface area contributed by atoms with E-state index in [1.807, 2.05) is 0 Å². The van der Waals surface area contributed by atoms with E-state index in [-0.39, 0.29) is 17.8 Å². The molecule has 0 bridgehead atoms. The minimum Gasteiger partial charge on any atom is -0.472 e. The van der Waals surface area contributed by atoms with Gasteiger partial charge in [-0.15, -0.1) is 0 Å². The Morgan fingerprint density at radius 1 is 1.53 bits per heavy atom. The van der Waals surface area contributed by atoms with Crippen LogP contribution in [0.5, 0.6) is 0 Å². The lowest BCUT2D eigenvalue weighted by atomic mass is 9.98. The molecule has 1 aromatic rings.